The van der Waals surface area contributed by atoms with Crippen LogP contribution in [0.2, 0.25) is 0 Å². The fraction of sp³-hybridized carbons (Fsp3) is 0.455. The molecule has 0 saturated heterocycles. The largest absolute Gasteiger partial charge is 0.324 e. The number of hydrogen-bond donors (Lipinski definition) is 1. The van der Waals surface area contributed by atoms with Gasteiger partial charge in [-0.3, -0.25) is 0 Å². The van der Waals surface area contributed by atoms with Crippen LogP contribution in [0.5, 0.6) is 0 Å². The summed E-state index contributed by atoms with van der Waals surface area (Å²) in [7, 11) is 0. The number of benzene rings is 1. The van der Waals surface area contributed by atoms with Gasteiger partial charge in [-0.05, 0) is 29.9 Å². The predicted molar refractivity (Wildman–Crippen MR) is 58.1 cm³/mol. The zero-order chi connectivity index (χ0) is 8.55. The number of hydrogen-bond acceptors (Lipinski definition) is 1. The van der Waals surface area contributed by atoms with Crippen LogP contribution in [0.1, 0.15) is 30.5 Å². The lowest BCUT2D eigenvalue weighted by Crippen LogP contribution is -2.25. The standard InChI is InChI=1S/C11H15N.ClH/c1-8-6-7-9-4-2-3-5-10(9)11(8)12;/h2-5,8,11H,6-7,12H2,1H3;1H. The molecule has 2 rings (SSSR count). The quantitative estimate of drug-likeness (QED) is 0.680. The van der Waals surface area contributed by atoms with E-state index in [1.807, 2.05) is 0 Å². The maximum Gasteiger partial charge on any atom is 0.0323 e. The molecule has 0 bridgehead atoms. The number of nitrogens with two attached hydrogens (primary N) is 1. The first-order valence-corrected chi connectivity index (χ1v) is 4.62. The lowest BCUT2D eigenvalue weighted by molar-refractivity contribution is 0.412. The third kappa shape index (κ3) is 1.87. The van der Waals surface area contributed by atoms with Crippen LogP contribution in [0.25, 0.3) is 0 Å². The zero-order valence-electron chi connectivity index (χ0n) is 7.86. The van der Waals surface area contributed by atoms with E-state index in [-0.39, 0.29) is 18.4 Å². The molecule has 1 aliphatic carbocycles. The lowest BCUT2D eigenvalue weighted by atomic mass is 9.81. The second-order valence-electron chi connectivity index (χ2n) is 3.74. The second-order valence-corrected chi connectivity index (χ2v) is 3.74. The number of halogens is 1. The Labute approximate surface area is 85.7 Å². The third-order valence-electron chi connectivity index (χ3n) is 2.90. The van der Waals surface area contributed by atoms with E-state index in [1.165, 1.54) is 24.0 Å². The molecule has 0 heterocycles. The molecular formula is C11H16ClN. The summed E-state index contributed by atoms with van der Waals surface area (Å²) in [4.78, 5) is 0. The topological polar surface area (TPSA) is 26.0 Å². The van der Waals surface area contributed by atoms with Crippen LogP contribution in [0.4, 0.5) is 0 Å². The molecule has 0 saturated carbocycles. The first-order valence-electron chi connectivity index (χ1n) is 4.62. The molecule has 2 N–H and O–H groups in total. The van der Waals surface area contributed by atoms with Crippen molar-refractivity contribution in [1.29, 1.82) is 0 Å². The predicted octanol–water partition coefficient (Wildman–Crippen LogP) is 2.69. The van der Waals surface area contributed by atoms with Crippen LogP contribution >= 0.6 is 12.4 Å². The van der Waals surface area contributed by atoms with E-state index in [1.54, 1.807) is 0 Å². The highest BCUT2D eigenvalue weighted by atomic mass is 35.5. The monoisotopic (exact) mass is 197 g/mol. The Morgan fingerprint density at radius 2 is 2.00 bits per heavy atom. The van der Waals surface area contributed by atoms with E-state index < -0.39 is 0 Å². The average Bonchev–Trinajstić information content (AvgIpc) is 2.12. The molecule has 1 aromatic rings. The first kappa shape index (κ1) is 10.6. The summed E-state index contributed by atoms with van der Waals surface area (Å²) >= 11 is 0. The minimum Gasteiger partial charge on any atom is -0.324 e. The Morgan fingerprint density at radius 3 is 2.77 bits per heavy atom. The van der Waals surface area contributed by atoms with E-state index in [9.17, 15) is 0 Å². The first-order chi connectivity index (χ1) is 5.79. The molecule has 1 aliphatic rings. The molecule has 2 unspecified atom stereocenters. The third-order valence-corrected chi connectivity index (χ3v) is 2.90. The fourth-order valence-electron chi connectivity index (χ4n) is 1.96. The summed E-state index contributed by atoms with van der Waals surface area (Å²) < 4.78 is 0. The number of rotatable bonds is 0. The summed E-state index contributed by atoms with van der Waals surface area (Å²) in [6.45, 7) is 2.24. The summed E-state index contributed by atoms with van der Waals surface area (Å²) in [5.41, 5.74) is 8.89. The molecule has 0 aliphatic heterocycles. The summed E-state index contributed by atoms with van der Waals surface area (Å²) in [5, 5.41) is 0. The Hall–Kier alpha value is -0.530. The molecule has 72 valence electrons. The average molecular weight is 198 g/mol. The van der Waals surface area contributed by atoms with Crippen molar-refractivity contribution in [2.24, 2.45) is 11.7 Å². The van der Waals surface area contributed by atoms with Crippen LogP contribution in [0.15, 0.2) is 24.3 Å². The van der Waals surface area contributed by atoms with Gasteiger partial charge < -0.3 is 5.73 Å². The molecule has 1 nitrogen and oxygen atoms in total. The van der Waals surface area contributed by atoms with Crippen molar-refractivity contribution >= 4 is 12.4 Å². The Morgan fingerprint density at radius 1 is 1.31 bits per heavy atom. The van der Waals surface area contributed by atoms with E-state index in [2.05, 4.69) is 31.2 Å². The normalized spacial score (nSPS) is 26.0. The van der Waals surface area contributed by atoms with Crippen molar-refractivity contribution in [2.75, 3.05) is 0 Å². The van der Waals surface area contributed by atoms with Crippen molar-refractivity contribution < 1.29 is 0 Å². The molecule has 0 aromatic heterocycles. The van der Waals surface area contributed by atoms with Gasteiger partial charge in [0.1, 0.15) is 0 Å². The lowest BCUT2D eigenvalue weighted by Gasteiger charge is -2.28. The number of aryl methyl sites for hydroxylation is 1. The van der Waals surface area contributed by atoms with Gasteiger partial charge in [-0.2, -0.15) is 0 Å². The molecule has 0 amide bonds. The van der Waals surface area contributed by atoms with Crippen LogP contribution in [0.3, 0.4) is 0 Å². The number of fused-ring (bicyclic) bond motifs is 1. The molecule has 1 aromatic carbocycles. The molecule has 2 heteroatoms. The van der Waals surface area contributed by atoms with E-state index >= 15 is 0 Å². The van der Waals surface area contributed by atoms with Gasteiger partial charge in [0.2, 0.25) is 0 Å². The SMILES string of the molecule is CC1CCc2ccccc2C1N.Cl. The van der Waals surface area contributed by atoms with Gasteiger partial charge >= 0.3 is 0 Å². The van der Waals surface area contributed by atoms with Crippen LogP contribution in [-0.2, 0) is 6.42 Å². The van der Waals surface area contributed by atoms with E-state index in [4.69, 9.17) is 5.73 Å². The van der Waals surface area contributed by atoms with Crippen LogP contribution in [-0.4, -0.2) is 0 Å². The minimum absolute atomic E-state index is 0. The molecule has 0 radical (unpaired) electrons. The molecule has 0 fully saturated rings. The summed E-state index contributed by atoms with van der Waals surface area (Å²) in [5.74, 6) is 0.639. The van der Waals surface area contributed by atoms with Gasteiger partial charge in [0.25, 0.3) is 0 Å². The van der Waals surface area contributed by atoms with Crippen molar-refractivity contribution in [2.45, 2.75) is 25.8 Å². The van der Waals surface area contributed by atoms with Gasteiger partial charge in [-0.1, -0.05) is 31.2 Å². The minimum atomic E-state index is 0. The van der Waals surface area contributed by atoms with Gasteiger partial charge in [0.05, 0.1) is 0 Å². The van der Waals surface area contributed by atoms with Crippen molar-refractivity contribution in [3.8, 4) is 0 Å². The Kier molecular flexibility index (Phi) is 3.34. The van der Waals surface area contributed by atoms with Crippen molar-refractivity contribution in [3.05, 3.63) is 35.4 Å². The summed E-state index contributed by atoms with van der Waals surface area (Å²) in [6, 6.07) is 8.80. The molecule has 13 heavy (non-hydrogen) atoms. The molecule has 2 atom stereocenters. The molecular weight excluding hydrogens is 182 g/mol. The second kappa shape index (κ2) is 4.12. The van der Waals surface area contributed by atoms with Gasteiger partial charge in [-0.25, -0.2) is 0 Å². The highest BCUT2D eigenvalue weighted by molar-refractivity contribution is 5.85. The Bertz CT molecular complexity index is 285. The van der Waals surface area contributed by atoms with Crippen molar-refractivity contribution in [1.82, 2.24) is 0 Å². The van der Waals surface area contributed by atoms with Gasteiger partial charge in [0, 0.05) is 6.04 Å². The van der Waals surface area contributed by atoms with E-state index in [0.717, 1.165) is 0 Å². The van der Waals surface area contributed by atoms with Crippen LogP contribution < -0.4 is 5.73 Å². The fourth-order valence-corrected chi connectivity index (χ4v) is 1.96. The maximum atomic E-state index is 6.09. The van der Waals surface area contributed by atoms with Gasteiger partial charge in [0.15, 0.2) is 0 Å². The summed E-state index contributed by atoms with van der Waals surface area (Å²) in [6.07, 6.45) is 2.43. The highest BCUT2D eigenvalue weighted by Crippen LogP contribution is 2.31. The maximum absolute atomic E-state index is 6.09. The van der Waals surface area contributed by atoms with Crippen LogP contribution in [0, 0.1) is 5.92 Å². The molecule has 0 spiro atoms. The Balaban J connectivity index is 0.000000845. The van der Waals surface area contributed by atoms with Crippen molar-refractivity contribution in [3.63, 3.8) is 0 Å². The highest BCUT2D eigenvalue weighted by Gasteiger charge is 2.22. The smallest absolute Gasteiger partial charge is 0.0323 e. The van der Waals surface area contributed by atoms with Gasteiger partial charge in [-0.15, -0.1) is 12.4 Å². The van der Waals surface area contributed by atoms with E-state index in [0.29, 0.717) is 5.92 Å². The zero-order valence-corrected chi connectivity index (χ0v) is 8.68.